The Kier molecular flexibility index (Phi) is 5.03. The fraction of sp³-hybridized carbons (Fsp3) is 1.00. The van der Waals surface area contributed by atoms with Crippen molar-refractivity contribution in [2.24, 2.45) is 0 Å². The van der Waals surface area contributed by atoms with Gasteiger partial charge in [-0.1, -0.05) is 13.8 Å². The van der Waals surface area contributed by atoms with Crippen LogP contribution >= 0.6 is 0 Å². The summed E-state index contributed by atoms with van der Waals surface area (Å²) in [4.78, 5) is 0. The minimum atomic E-state index is -0.549. The van der Waals surface area contributed by atoms with Gasteiger partial charge in [0.2, 0.25) is 0 Å². The summed E-state index contributed by atoms with van der Waals surface area (Å²) < 4.78 is 5.60. The van der Waals surface area contributed by atoms with Gasteiger partial charge in [-0.05, 0) is 32.6 Å². The first kappa shape index (κ1) is 12.9. The highest BCUT2D eigenvalue weighted by Gasteiger charge is 2.26. The van der Waals surface area contributed by atoms with Crippen molar-refractivity contribution in [1.29, 1.82) is 0 Å². The van der Waals surface area contributed by atoms with Gasteiger partial charge < -0.3 is 15.2 Å². The summed E-state index contributed by atoms with van der Waals surface area (Å²) in [7, 11) is 0. The lowest BCUT2D eigenvalue weighted by molar-refractivity contribution is 0.0199. The molecule has 1 aliphatic rings. The van der Waals surface area contributed by atoms with Crippen molar-refractivity contribution in [1.82, 2.24) is 5.32 Å². The van der Waals surface area contributed by atoms with Crippen molar-refractivity contribution in [2.45, 2.75) is 64.2 Å². The van der Waals surface area contributed by atoms with Crippen LogP contribution in [0.4, 0.5) is 0 Å². The lowest BCUT2D eigenvalue weighted by atomic mass is 9.97. The molecule has 1 heterocycles. The van der Waals surface area contributed by atoms with E-state index in [2.05, 4.69) is 12.2 Å². The fourth-order valence-corrected chi connectivity index (χ4v) is 1.98. The first-order chi connectivity index (χ1) is 7.11. The minimum absolute atomic E-state index is 0.336. The van der Waals surface area contributed by atoms with Gasteiger partial charge in [-0.2, -0.15) is 0 Å². The van der Waals surface area contributed by atoms with Gasteiger partial charge in [0.1, 0.15) is 0 Å². The SMILES string of the molecule is CCC(O)(CC)CNC(C)C1CCCO1. The second-order valence-corrected chi connectivity index (χ2v) is 4.65. The highest BCUT2D eigenvalue weighted by molar-refractivity contribution is 4.83. The molecule has 1 fully saturated rings. The van der Waals surface area contributed by atoms with Crippen LogP contribution in [0.25, 0.3) is 0 Å². The molecule has 2 atom stereocenters. The first-order valence-electron chi connectivity index (χ1n) is 6.18. The summed E-state index contributed by atoms with van der Waals surface area (Å²) in [5.41, 5.74) is -0.549. The maximum atomic E-state index is 10.1. The predicted octanol–water partition coefficient (Wildman–Crippen LogP) is 1.69. The van der Waals surface area contributed by atoms with Crippen molar-refractivity contribution in [3.8, 4) is 0 Å². The van der Waals surface area contributed by atoms with Gasteiger partial charge in [-0.3, -0.25) is 0 Å². The highest BCUT2D eigenvalue weighted by Crippen LogP contribution is 2.17. The molecule has 2 N–H and O–H groups in total. The monoisotopic (exact) mass is 215 g/mol. The third-order valence-electron chi connectivity index (χ3n) is 3.59. The largest absolute Gasteiger partial charge is 0.389 e. The van der Waals surface area contributed by atoms with Crippen LogP contribution in [0, 0.1) is 0 Å². The lowest BCUT2D eigenvalue weighted by Gasteiger charge is -2.29. The van der Waals surface area contributed by atoms with E-state index in [1.165, 1.54) is 6.42 Å². The quantitative estimate of drug-likeness (QED) is 0.708. The summed E-state index contributed by atoms with van der Waals surface area (Å²) in [6, 6.07) is 0.345. The number of hydrogen-bond donors (Lipinski definition) is 2. The standard InChI is InChI=1S/C12H25NO2/c1-4-12(14,5-2)9-13-10(3)11-7-6-8-15-11/h10-11,13-14H,4-9H2,1-3H3. The molecule has 1 rings (SSSR count). The van der Waals surface area contributed by atoms with Crippen molar-refractivity contribution in [3.63, 3.8) is 0 Å². The molecule has 0 spiro atoms. The van der Waals surface area contributed by atoms with E-state index < -0.39 is 5.60 Å². The smallest absolute Gasteiger partial charge is 0.0766 e. The zero-order valence-electron chi connectivity index (χ0n) is 10.3. The number of nitrogens with one attached hydrogen (secondary N) is 1. The maximum Gasteiger partial charge on any atom is 0.0766 e. The fourth-order valence-electron chi connectivity index (χ4n) is 1.98. The van der Waals surface area contributed by atoms with Gasteiger partial charge in [-0.15, -0.1) is 0 Å². The summed E-state index contributed by atoms with van der Waals surface area (Å²) >= 11 is 0. The van der Waals surface area contributed by atoms with E-state index in [1.807, 2.05) is 13.8 Å². The number of rotatable bonds is 6. The molecule has 2 unspecified atom stereocenters. The van der Waals surface area contributed by atoms with E-state index in [4.69, 9.17) is 4.74 Å². The Hall–Kier alpha value is -0.120. The van der Waals surface area contributed by atoms with Crippen LogP contribution in [0.15, 0.2) is 0 Å². The molecule has 0 aromatic carbocycles. The Morgan fingerprint density at radius 1 is 1.47 bits per heavy atom. The van der Waals surface area contributed by atoms with Crippen LogP contribution in [0.3, 0.4) is 0 Å². The molecule has 0 saturated carbocycles. The Labute approximate surface area is 93.2 Å². The molecular formula is C12H25NO2. The zero-order valence-corrected chi connectivity index (χ0v) is 10.3. The molecule has 0 bridgehead atoms. The van der Waals surface area contributed by atoms with E-state index in [1.54, 1.807) is 0 Å². The first-order valence-corrected chi connectivity index (χ1v) is 6.18. The Morgan fingerprint density at radius 3 is 2.60 bits per heavy atom. The Morgan fingerprint density at radius 2 is 2.13 bits per heavy atom. The molecule has 0 aliphatic carbocycles. The van der Waals surface area contributed by atoms with Crippen LogP contribution in [0.2, 0.25) is 0 Å². The van der Waals surface area contributed by atoms with Gasteiger partial charge in [0, 0.05) is 19.2 Å². The Bertz CT molecular complexity index is 174. The average Bonchev–Trinajstić information content (AvgIpc) is 2.79. The van der Waals surface area contributed by atoms with Gasteiger partial charge in [-0.25, -0.2) is 0 Å². The summed E-state index contributed by atoms with van der Waals surface area (Å²) in [5, 5.41) is 13.5. The van der Waals surface area contributed by atoms with E-state index >= 15 is 0 Å². The van der Waals surface area contributed by atoms with Crippen LogP contribution in [0.1, 0.15) is 46.5 Å². The highest BCUT2D eigenvalue weighted by atomic mass is 16.5. The molecule has 3 heteroatoms. The minimum Gasteiger partial charge on any atom is -0.389 e. The van der Waals surface area contributed by atoms with Crippen molar-refractivity contribution >= 4 is 0 Å². The van der Waals surface area contributed by atoms with Gasteiger partial charge in [0.05, 0.1) is 11.7 Å². The summed E-state index contributed by atoms with van der Waals surface area (Å²) in [5.74, 6) is 0. The van der Waals surface area contributed by atoms with Gasteiger partial charge >= 0.3 is 0 Å². The molecular weight excluding hydrogens is 190 g/mol. The molecule has 1 aliphatic heterocycles. The lowest BCUT2D eigenvalue weighted by Crippen LogP contribution is -2.46. The maximum absolute atomic E-state index is 10.1. The predicted molar refractivity (Wildman–Crippen MR) is 62.0 cm³/mol. The molecule has 15 heavy (non-hydrogen) atoms. The van der Waals surface area contributed by atoms with Gasteiger partial charge in [0.15, 0.2) is 0 Å². The molecule has 0 radical (unpaired) electrons. The number of ether oxygens (including phenoxy) is 1. The third-order valence-corrected chi connectivity index (χ3v) is 3.59. The summed E-state index contributed by atoms with van der Waals surface area (Å²) in [6.45, 7) is 7.76. The van der Waals surface area contributed by atoms with Crippen LogP contribution in [0.5, 0.6) is 0 Å². The average molecular weight is 215 g/mol. The molecule has 0 aromatic rings. The molecule has 90 valence electrons. The topological polar surface area (TPSA) is 41.5 Å². The second-order valence-electron chi connectivity index (χ2n) is 4.65. The normalized spacial score (nSPS) is 24.4. The van der Waals surface area contributed by atoms with Crippen molar-refractivity contribution in [3.05, 3.63) is 0 Å². The van der Waals surface area contributed by atoms with Gasteiger partial charge in [0.25, 0.3) is 0 Å². The van der Waals surface area contributed by atoms with Crippen molar-refractivity contribution < 1.29 is 9.84 Å². The second kappa shape index (κ2) is 5.83. The molecule has 3 nitrogen and oxygen atoms in total. The van der Waals surface area contributed by atoms with E-state index in [9.17, 15) is 5.11 Å². The molecule has 1 saturated heterocycles. The van der Waals surface area contributed by atoms with Crippen LogP contribution in [-0.4, -0.2) is 36.0 Å². The van der Waals surface area contributed by atoms with E-state index in [-0.39, 0.29) is 0 Å². The van der Waals surface area contributed by atoms with Crippen LogP contribution < -0.4 is 5.32 Å². The Balaban J connectivity index is 2.28. The van der Waals surface area contributed by atoms with E-state index in [0.29, 0.717) is 18.7 Å². The van der Waals surface area contributed by atoms with E-state index in [0.717, 1.165) is 25.9 Å². The third kappa shape index (κ3) is 3.74. The zero-order chi connectivity index (χ0) is 11.3. The summed E-state index contributed by atoms with van der Waals surface area (Å²) in [6.07, 6.45) is 4.25. The van der Waals surface area contributed by atoms with Crippen LogP contribution in [-0.2, 0) is 4.74 Å². The molecule has 0 amide bonds. The molecule has 0 aromatic heterocycles. The van der Waals surface area contributed by atoms with Crippen molar-refractivity contribution in [2.75, 3.05) is 13.2 Å². The number of aliphatic hydroxyl groups is 1. The number of hydrogen-bond acceptors (Lipinski definition) is 3.